The maximum Gasteiger partial charge on any atom is 0.581 e. The van der Waals surface area contributed by atoms with Gasteiger partial charge in [-0.05, 0) is 6.42 Å². The van der Waals surface area contributed by atoms with Crippen LogP contribution in [0.25, 0.3) is 0 Å². The Labute approximate surface area is 106 Å². The van der Waals surface area contributed by atoms with Gasteiger partial charge in [0.2, 0.25) is 0 Å². The lowest BCUT2D eigenvalue weighted by Gasteiger charge is -2.10. The van der Waals surface area contributed by atoms with Crippen LogP contribution in [0.15, 0.2) is 0 Å². The van der Waals surface area contributed by atoms with Gasteiger partial charge < -0.3 is 19.4 Å². The molecule has 0 fully saturated rings. The van der Waals surface area contributed by atoms with Crippen molar-refractivity contribution in [3.63, 3.8) is 0 Å². The molecular formula is C10H18BNO6. The van der Waals surface area contributed by atoms with Gasteiger partial charge in [-0.3, -0.25) is 9.59 Å². The minimum absolute atomic E-state index is 0.0752. The Hall–Kier alpha value is -1.73. The second-order valence-electron chi connectivity index (χ2n) is 3.59. The maximum absolute atomic E-state index is 11.2. The molecule has 0 rings (SSSR count). The number of carbonyl (C=O) groups is 3. The fraction of sp³-hybridized carbons (Fsp3) is 0.700. The lowest BCUT2D eigenvalue weighted by molar-refractivity contribution is -0.147. The third kappa shape index (κ3) is 8.43. The van der Waals surface area contributed by atoms with E-state index in [0.29, 0.717) is 6.42 Å². The van der Waals surface area contributed by atoms with Gasteiger partial charge >= 0.3 is 19.7 Å². The number of amides is 1. The van der Waals surface area contributed by atoms with Gasteiger partial charge in [0, 0.05) is 6.92 Å². The molecule has 18 heavy (non-hydrogen) atoms. The van der Waals surface area contributed by atoms with Crippen molar-refractivity contribution in [3.05, 3.63) is 0 Å². The summed E-state index contributed by atoms with van der Waals surface area (Å²) in [6.07, 6.45) is -0.0349. The smallest absolute Gasteiger partial charge is 0.502 e. The summed E-state index contributed by atoms with van der Waals surface area (Å²) in [5.41, 5.74) is 0. The Kier molecular flexibility index (Phi) is 8.43. The average Bonchev–Trinajstić information content (AvgIpc) is 2.32. The highest BCUT2D eigenvalue weighted by atomic mass is 16.6. The van der Waals surface area contributed by atoms with Crippen LogP contribution >= 0.6 is 0 Å². The van der Waals surface area contributed by atoms with Crippen LogP contribution in [-0.2, 0) is 23.6 Å². The molecule has 0 aliphatic rings. The predicted molar refractivity (Wildman–Crippen MR) is 63.8 cm³/mol. The van der Waals surface area contributed by atoms with Crippen molar-refractivity contribution in [2.45, 2.75) is 27.2 Å². The number of nitrogens with one attached hydrogen (secondary N) is 1. The monoisotopic (exact) mass is 259 g/mol. The van der Waals surface area contributed by atoms with Crippen LogP contribution in [0.3, 0.4) is 0 Å². The van der Waals surface area contributed by atoms with Crippen molar-refractivity contribution in [2.75, 3.05) is 13.2 Å². The Morgan fingerprint density at radius 1 is 1.28 bits per heavy atom. The molecule has 0 heterocycles. The molecule has 1 N–H and O–H groups in total. The van der Waals surface area contributed by atoms with Crippen LogP contribution in [0.1, 0.15) is 27.2 Å². The van der Waals surface area contributed by atoms with Gasteiger partial charge in [0.1, 0.15) is 6.61 Å². The van der Waals surface area contributed by atoms with E-state index in [1.54, 1.807) is 6.92 Å². The van der Waals surface area contributed by atoms with E-state index in [2.05, 4.69) is 14.6 Å². The number of ether oxygens (including phenoxy) is 1. The van der Waals surface area contributed by atoms with E-state index < -0.39 is 19.7 Å². The van der Waals surface area contributed by atoms with Gasteiger partial charge in [0.15, 0.2) is 0 Å². The minimum atomic E-state index is -0.740. The molecule has 0 aliphatic carbocycles. The van der Waals surface area contributed by atoms with E-state index in [1.807, 2.05) is 6.92 Å². The summed E-state index contributed by atoms with van der Waals surface area (Å²) in [6.45, 7) is 5.07. The van der Waals surface area contributed by atoms with Crippen molar-refractivity contribution < 1.29 is 28.4 Å². The first-order valence-electron chi connectivity index (χ1n) is 5.68. The molecule has 1 amide bonds. The molecule has 1 atom stereocenters. The first-order valence-corrected chi connectivity index (χ1v) is 5.68. The molecule has 8 heteroatoms. The Balaban J connectivity index is 3.51. The third-order valence-electron chi connectivity index (χ3n) is 2.08. The van der Waals surface area contributed by atoms with E-state index in [0.717, 1.165) is 0 Å². The summed E-state index contributed by atoms with van der Waals surface area (Å²) >= 11 is 0. The van der Waals surface area contributed by atoms with Crippen molar-refractivity contribution >= 4 is 25.7 Å². The van der Waals surface area contributed by atoms with Gasteiger partial charge in [-0.15, -0.1) is 0 Å². The zero-order valence-electron chi connectivity index (χ0n) is 10.9. The zero-order valence-corrected chi connectivity index (χ0v) is 10.9. The van der Waals surface area contributed by atoms with Crippen LogP contribution in [-0.4, -0.2) is 38.9 Å². The molecule has 0 saturated carbocycles. The van der Waals surface area contributed by atoms with Crippen LogP contribution in [0, 0.1) is 5.92 Å². The summed E-state index contributed by atoms with van der Waals surface area (Å²) in [6, 6.07) is 0. The number of hydrogen-bond donors (Lipinski definition) is 1. The molecule has 0 aliphatic heterocycles. The first-order chi connectivity index (χ1) is 8.47. The lowest BCUT2D eigenvalue weighted by atomic mass is 10.1. The normalized spacial score (nSPS) is 11.1. The van der Waals surface area contributed by atoms with E-state index >= 15 is 0 Å². The van der Waals surface area contributed by atoms with Crippen molar-refractivity contribution in [1.29, 1.82) is 0 Å². The van der Waals surface area contributed by atoms with E-state index in [1.165, 1.54) is 6.92 Å². The van der Waals surface area contributed by atoms with E-state index in [-0.39, 0.29) is 25.0 Å². The zero-order chi connectivity index (χ0) is 14.0. The molecule has 0 bridgehead atoms. The molecule has 0 radical (unpaired) electrons. The SMILES string of the molecule is CCC(C)C(=O)OCCNC(=O)OBOC(C)=O. The maximum atomic E-state index is 11.2. The van der Waals surface area contributed by atoms with E-state index in [9.17, 15) is 14.4 Å². The first kappa shape index (κ1) is 16.3. The van der Waals surface area contributed by atoms with Crippen molar-refractivity contribution in [3.8, 4) is 0 Å². The molecule has 1 unspecified atom stereocenters. The number of esters is 1. The quantitative estimate of drug-likeness (QED) is 0.397. The van der Waals surface area contributed by atoms with Gasteiger partial charge in [-0.1, -0.05) is 13.8 Å². The van der Waals surface area contributed by atoms with Crippen LogP contribution in [0.5, 0.6) is 0 Å². The van der Waals surface area contributed by atoms with Gasteiger partial charge in [-0.25, -0.2) is 4.79 Å². The summed E-state index contributed by atoms with van der Waals surface area (Å²) in [5, 5.41) is 2.34. The Morgan fingerprint density at radius 3 is 2.50 bits per heavy atom. The van der Waals surface area contributed by atoms with Crippen LogP contribution in [0.2, 0.25) is 0 Å². The van der Waals surface area contributed by atoms with Crippen LogP contribution in [0.4, 0.5) is 4.79 Å². The minimum Gasteiger partial charge on any atom is -0.502 e. The molecule has 0 aromatic carbocycles. The summed E-state index contributed by atoms with van der Waals surface area (Å²) in [4.78, 5) is 32.6. The summed E-state index contributed by atoms with van der Waals surface area (Å²) < 4.78 is 13.8. The molecular weight excluding hydrogens is 241 g/mol. The van der Waals surface area contributed by atoms with E-state index in [4.69, 9.17) is 4.74 Å². The molecule has 0 spiro atoms. The second-order valence-corrected chi connectivity index (χ2v) is 3.59. The van der Waals surface area contributed by atoms with Gasteiger partial charge in [0.05, 0.1) is 12.5 Å². The standard InChI is InChI=1S/C10H18BNO6/c1-4-7(2)9(14)16-6-5-12-10(15)18-11-17-8(3)13/h7,11H,4-6H2,1-3H3,(H,12,15). The summed E-state index contributed by atoms with van der Waals surface area (Å²) in [5.74, 6) is -0.987. The largest absolute Gasteiger partial charge is 0.581 e. The Bertz CT molecular complexity index is 296. The number of hydrogen-bond acceptors (Lipinski definition) is 6. The lowest BCUT2D eigenvalue weighted by Crippen LogP contribution is -2.31. The fourth-order valence-electron chi connectivity index (χ4n) is 0.831. The molecule has 7 nitrogen and oxygen atoms in total. The predicted octanol–water partition coefficient (Wildman–Crippen LogP) is 0.132. The molecule has 0 saturated heterocycles. The average molecular weight is 259 g/mol. The third-order valence-corrected chi connectivity index (χ3v) is 2.08. The fourth-order valence-corrected chi connectivity index (χ4v) is 0.831. The van der Waals surface area contributed by atoms with Crippen molar-refractivity contribution in [2.24, 2.45) is 5.92 Å². The van der Waals surface area contributed by atoms with Gasteiger partial charge in [0.25, 0.3) is 5.97 Å². The Morgan fingerprint density at radius 2 is 1.94 bits per heavy atom. The molecule has 102 valence electrons. The second kappa shape index (κ2) is 9.32. The highest BCUT2D eigenvalue weighted by Gasteiger charge is 2.11. The molecule has 0 aromatic heterocycles. The van der Waals surface area contributed by atoms with Gasteiger partial charge in [-0.2, -0.15) is 0 Å². The van der Waals surface area contributed by atoms with Crippen molar-refractivity contribution in [1.82, 2.24) is 5.32 Å². The number of carbonyl (C=O) groups excluding carboxylic acids is 3. The number of rotatable bonds is 7. The summed E-state index contributed by atoms with van der Waals surface area (Å²) in [7, 11) is -0.437. The highest BCUT2D eigenvalue weighted by molar-refractivity contribution is 6.25. The highest BCUT2D eigenvalue weighted by Crippen LogP contribution is 2.02. The van der Waals surface area contributed by atoms with Crippen LogP contribution < -0.4 is 5.32 Å². The topological polar surface area (TPSA) is 90.9 Å². The molecule has 0 aromatic rings.